The fraction of sp³-hybridized carbons (Fsp3) is 0.533. The second kappa shape index (κ2) is 4.73. The molecule has 1 saturated heterocycles. The molecule has 3 rings (SSSR count). The summed E-state index contributed by atoms with van der Waals surface area (Å²) in [5.74, 6) is 0.501. The average molecular weight is 244 g/mol. The van der Waals surface area contributed by atoms with Crippen molar-refractivity contribution in [1.29, 1.82) is 0 Å². The molecule has 2 aliphatic rings. The van der Waals surface area contributed by atoms with Gasteiger partial charge in [0.2, 0.25) is 5.91 Å². The van der Waals surface area contributed by atoms with Gasteiger partial charge in [-0.25, -0.2) is 0 Å². The zero-order chi connectivity index (χ0) is 12.5. The molecule has 2 atom stereocenters. The van der Waals surface area contributed by atoms with Crippen LogP contribution in [0.2, 0.25) is 0 Å². The third kappa shape index (κ3) is 2.15. The number of carbonyl (C=O) groups excluding carboxylic acids is 1. The second-order valence-corrected chi connectivity index (χ2v) is 5.55. The molecule has 1 N–H and O–H groups in total. The molecule has 0 aromatic heterocycles. The average Bonchev–Trinajstić information content (AvgIpc) is 2.82. The Morgan fingerprint density at radius 3 is 2.44 bits per heavy atom. The Kier molecular flexibility index (Phi) is 3.08. The fourth-order valence-electron chi connectivity index (χ4n) is 2.96. The van der Waals surface area contributed by atoms with Gasteiger partial charge in [0.15, 0.2) is 0 Å². The molecule has 1 amide bonds. The van der Waals surface area contributed by atoms with Crippen molar-refractivity contribution in [3.63, 3.8) is 0 Å². The predicted octanol–water partition coefficient (Wildman–Crippen LogP) is 1.92. The Morgan fingerprint density at radius 1 is 1.22 bits per heavy atom. The molecule has 0 spiro atoms. The summed E-state index contributed by atoms with van der Waals surface area (Å²) in [6.07, 6.45) is 2.14. The summed E-state index contributed by atoms with van der Waals surface area (Å²) in [4.78, 5) is 14.5. The van der Waals surface area contributed by atoms with E-state index in [0.717, 1.165) is 32.5 Å². The van der Waals surface area contributed by atoms with Gasteiger partial charge in [-0.1, -0.05) is 24.3 Å². The normalized spacial score (nSPS) is 27.1. The molecule has 0 aliphatic carbocycles. The van der Waals surface area contributed by atoms with Crippen molar-refractivity contribution in [2.75, 3.05) is 6.54 Å². The molecule has 2 unspecified atom stereocenters. The van der Waals surface area contributed by atoms with Crippen molar-refractivity contribution in [3.05, 3.63) is 35.4 Å². The van der Waals surface area contributed by atoms with E-state index in [9.17, 15) is 4.79 Å². The number of fused-ring (bicyclic) bond motifs is 1. The number of hydrogen-bond donors (Lipinski definition) is 1. The summed E-state index contributed by atoms with van der Waals surface area (Å²) in [5.41, 5.74) is 2.62. The van der Waals surface area contributed by atoms with E-state index in [1.54, 1.807) is 0 Å². The lowest BCUT2D eigenvalue weighted by molar-refractivity contribution is -0.136. The van der Waals surface area contributed by atoms with Crippen LogP contribution >= 0.6 is 0 Å². The van der Waals surface area contributed by atoms with E-state index in [0.29, 0.717) is 11.9 Å². The van der Waals surface area contributed by atoms with Crippen LogP contribution in [0.5, 0.6) is 0 Å². The monoisotopic (exact) mass is 244 g/mol. The molecule has 3 heteroatoms. The van der Waals surface area contributed by atoms with E-state index in [1.165, 1.54) is 11.1 Å². The number of carbonyl (C=O) groups is 1. The van der Waals surface area contributed by atoms with Crippen LogP contribution in [-0.2, 0) is 17.9 Å². The van der Waals surface area contributed by atoms with Gasteiger partial charge in [-0.15, -0.1) is 0 Å². The molecular weight excluding hydrogens is 224 g/mol. The molecule has 2 heterocycles. The number of piperidine rings is 1. The Balaban J connectivity index is 1.65. The highest BCUT2D eigenvalue weighted by atomic mass is 16.2. The van der Waals surface area contributed by atoms with Crippen LogP contribution in [0, 0.1) is 5.92 Å². The molecule has 0 bridgehead atoms. The minimum absolute atomic E-state index is 0.176. The number of nitrogens with zero attached hydrogens (tertiary/aromatic N) is 1. The lowest BCUT2D eigenvalue weighted by Gasteiger charge is -2.29. The molecule has 0 saturated carbocycles. The van der Waals surface area contributed by atoms with Gasteiger partial charge in [-0.05, 0) is 30.9 Å². The first kappa shape index (κ1) is 11.7. The maximum Gasteiger partial charge on any atom is 0.227 e. The summed E-state index contributed by atoms with van der Waals surface area (Å²) >= 11 is 0. The van der Waals surface area contributed by atoms with Gasteiger partial charge < -0.3 is 10.2 Å². The number of hydrogen-bond acceptors (Lipinski definition) is 2. The first-order chi connectivity index (χ1) is 8.74. The predicted molar refractivity (Wildman–Crippen MR) is 70.9 cm³/mol. The van der Waals surface area contributed by atoms with Crippen LogP contribution in [0.1, 0.15) is 30.9 Å². The highest BCUT2D eigenvalue weighted by Crippen LogP contribution is 2.25. The lowest BCUT2D eigenvalue weighted by atomic mass is 9.94. The molecule has 18 heavy (non-hydrogen) atoms. The molecule has 0 radical (unpaired) electrons. The number of rotatable bonds is 1. The highest BCUT2D eigenvalue weighted by Gasteiger charge is 2.30. The van der Waals surface area contributed by atoms with Gasteiger partial charge in [0.05, 0.1) is 5.92 Å². The Bertz CT molecular complexity index is 425. The Labute approximate surface area is 108 Å². The summed E-state index contributed by atoms with van der Waals surface area (Å²) in [6.45, 7) is 4.61. The number of amides is 1. The molecule has 96 valence electrons. The molecule has 2 aliphatic heterocycles. The lowest BCUT2D eigenvalue weighted by Crippen LogP contribution is -2.44. The zero-order valence-electron chi connectivity index (χ0n) is 10.9. The van der Waals surface area contributed by atoms with E-state index in [-0.39, 0.29) is 5.92 Å². The van der Waals surface area contributed by atoms with Crippen LogP contribution in [0.15, 0.2) is 24.3 Å². The van der Waals surface area contributed by atoms with Crippen LogP contribution in [0.25, 0.3) is 0 Å². The maximum absolute atomic E-state index is 12.5. The first-order valence-corrected chi connectivity index (χ1v) is 6.83. The minimum Gasteiger partial charge on any atom is -0.334 e. The summed E-state index contributed by atoms with van der Waals surface area (Å²) < 4.78 is 0. The molecule has 1 aromatic carbocycles. The topological polar surface area (TPSA) is 32.3 Å². The van der Waals surface area contributed by atoms with Crippen LogP contribution in [0.4, 0.5) is 0 Å². The van der Waals surface area contributed by atoms with E-state index in [2.05, 4.69) is 36.5 Å². The summed E-state index contributed by atoms with van der Waals surface area (Å²) in [5, 5.41) is 3.41. The Morgan fingerprint density at radius 2 is 1.89 bits per heavy atom. The van der Waals surface area contributed by atoms with Crippen molar-refractivity contribution in [2.45, 2.75) is 38.9 Å². The van der Waals surface area contributed by atoms with Crippen molar-refractivity contribution in [2.24, 2.45) is 5.92 Å². The smallest absolute Gasteiger partial charge is 0.227 e. The first-order valence-electron chi connectivity index (χ1n) is 6.83. The van der Waals surface area contributed by atoms with Crippen LogP contribution in [-0.4, -0.2) is 23.4 Å². The SMILES string of the molecule is CC1CCC(C(=O)N2Cc3ccccc3C2)CN1. The van der Waals surface area contributed by atoms with Gasteiger partial charge in [0.1, 0.15) is 0 Å². The quantitative estimate of drug-likeness (QED) is 0.818. The minimum atomic E-state index is 0.176. The maximum atomic E-state index is 12.5. The van der Waals surface area contributed by atoms with Gasteiger partial charge in [0.25, 0.3) is 0 Å². The van der Waals surface area contributed by atoms with Crippen molar-refractivity contribution in [3.8, 4) is 0 Å². The standard InChI is InChI=1S/C15H20N2O/c1-11-6-7-12(8-16-11)15(18)17-9-13-4-2-3-5-14(13)10-17/h2-5,11-12,16H,6-10H2,1H3. The van der Waals surface area contributed by atoms with Crippen LogP contribution in [0.3, 0.4) is 0 Å². The molecule has 1 fully saturated rings. The van der Waals surface area contributed by atoms with E-state index in [1.807, 2.05) is 4.90 Å². The zero-order valence-corrected chi connectivity index (χ0v) is 10.9. The van der Waals surface area contributed by atoms with Gasteiger partial charge in [0, 0.05) is 25.7 Å². The summed E-state index contributed by atoms with van der Waals surface area (Å²) in [7, 11) is 0. The third-order valence-corrected chi connectivity index (χ3v) is 4.16. The van der Waals surface area contributed by atoms with Crippen molar-refractivity contribution >= 4 is 5.91 Å². The van der Waals surface area contributed by atoms with Crippen molar-refractivity contribution < 1.29 is 4.79 Å². The summed E-state index contributed by atoms with van der Waals surface area (Å²) in [6, 6.07) is 8.92. The number of nitrogens with one attached hydrogen (secondary N) is 1. The third-order valence-electron chi connectivity index (χ3n) is 4.16. The molecular formula is C15H20N2O. The van der Waals surface area contributed by atoms with Gasteiger partial charge >= 0.3 is 0 Å². The Hall–Kier alpha value is -1.35. The largest absolute Gasteiger partial charge is 0.334 e. The highest BCUT2D eigenvalue weighted by molar-refractivity contribution is 5.80. The molecule has 1 aromatic rings. The van der Waals surface area contributed by atoms with E-state index >= 15 is 0 Å². The van der Waals surface area contributed by atoms with Crippen LogP contribution < -0.4 is 5.32 Å². The fourth-order valence-corrected chi connectivity index (χ4v) is 2.96. The number of benzene rings is 1. The van der Waals surface area contributed by atoms with Gasteiger partial charge in [-0.2, -0.15) is 0 Å². The second-order valence-electron chi connectivity index (χ2n) is 5.55. The van der Waals surface area contributed by atoms with E-state index < -0.39 is 0 Å². The van der Waals surface area contributed by atoms with Crippen molar-refractivity contribution in [1.82, 2.24) is 10.2 Å². The van der Waals surface area contributed by atoms with E-state index in [4.69, 9.17) is 0 Å². The molecule has 3 nitrogen and oxygen atoms in total. The van der Waals surface area contributed by atoms with Gasteiger partial charge in [-0.3, -0.25) is 4.79 Å².